The van der Waals surface area contributed by atoms with Gasteiger partial charge in [0.2, 0.25) is 0 Å². The number of hydrogen-bond donors (Lipinski definition) is 1. The van der Waals surface area contributed by atoms with Gasteiger partial charge in [0.1, 0.15) is 0 Å². The summed E-state index contributed by atoms with van der Waals surface area (Å²) >= 11 is 2.26. The van der Waals surface area contributed by atoms with E-state index in [-0.39, 0.29) is 5.69 Å². The number of hydrogen-bond acceptors (Lipinski definition) is 2. The van der Waals surface area contributed by atoms with E-state index >= 15 is 0 Å². The van der Waals surface area contributed by atoms with Gasteiger partial charge >= 0.3 is 5.69 Å². The minimum absolute atomic E-state index is 0.193. The first-order valence-electron chi connectivity index (χ1n) is 4.83. The number of rotatable bonds is 0. The highest BCUT2D eigenvalue weighted by Gasteiger charge is 2.07. The van der Waals surface area contributed by atoms with Crippen LogP contribution in [0, 0.1) is 10.5 Å². The van der Waals surface area contributed by atoms with Gasteiger partial charge in [-0.05, 0) is 59.3 Å². The van der Waals surface area contributed by atoms with Gasteiger partial charge in [-0.1, -0.05) is 0 Å². The van der Waals surface area contributed by atoms with Gasteiger partial charge in [0, 0.05) is 8.96 Å². The van der Waals surface area contributed by atoms with Crippen molar-refractivity contribution in [3.8, 4) is 0 Å². The van der Waals surface area contributed by atoms with Crippen molar-refractivity contribution in [3.63, 3.8) is 0 Å². The summed E-state index contributed by atoms with van der Waals surface area (Å²) < 4.78 is 2.75. The molecule has 1 aromatic carbocycles. The van der Waals surface area contributed by atoms with Crippen LogP contribution >= 0.6 is 22.6 Å². The zero-order chi connectivity index (χ0) is 11.3. The summed E-state index contributed by atoms with van der Waals surface area (Å²) in [5.41, 5.74) is 2.49. The Labute approximate surface area is 104 Å². The zero-order valence-corrected chi connectivity index (χ0v) is 10.6. The second-order valence-corrected chi connectivity index (χ2v) is 4.96. The first-order valence-corrected chi connectivity index (χ1v) is 5.91. The molecule has 2 aromatic heterocycles. The Kier molecular flexibility index (Phi) is 2.03. The van der Waals surface area contributed by atoms with Crippen LogP contribution in [0.25, 0.3) is 16.6 Å². The molecule has 0 bridgehead atoms. The lowest BCUT2D eigenvalue weighted by molar-refractivity contribution is 1.04. The van der Waals surface area contributed by atoms with Gasteiger partial charge in [0.25, 0.3) is 0 Å². The molecule has 0 radical (unpaired) electrons. The lowest BCUT2D eigenvalue weighted by Gasteiger charge is -2.04. The van der Waals surface area contributed by atoms with E-state index in [1.54, 1.807) is 4.40 Å². The van der Waals surface area contributed by atoms with Crippen LogP contribution in [-0.2, 0) is 0 Å². The topological polar surface area (TPSA) is 50.2 Å². The molecule has 0 amide bonds. The van der Waals surface area contributed by atoms with E-state index in [1.165, 1.54) is 0 Å². The van der Waals surface area contributed by atoms with Gasteiger partial charge in [0.05, 0.1) is 5.52 Å². The molecule has 0 aliphatic rings. The van der Waals surface area contributed by atoms with E-state index in [9.17, 15) is 4.79 Å². The third kappa shape index (κ3) is 1.27. The van der Waals surface area contributed by atoms with Crippen molar-refractivity contribution in [1.29, 1.82) is 0 Å². The van der Waals surface area contributed by atoms with Gasteiger partial charge in [-0.3, -0.25) is 0 Å². The molecule has 80 valence electrons. The van der Waals surface area contributed by atoms with Crippen molar-refractivity contribution < 1.29 is 0 Å². The second-order valence-electron chi connectivity index (χ2n) is 3.71. The summed E-state index contributed by atoms with van der Waals surface area (Å²) in [5.74, 6) is 0. The van der Waals surface area contributed by atoms with E-state index in [4.69, 9.17) is 0 Å². The van der Waals surface area contributed by atoms with Gasteiger partial charge in [-0.2, -0.15) is 5.10 Å². The van der Waals surface area contributed by atoms with Crippen molar-refractivity contribution in [2.45, 2.75) is 6.92 Å². The van der Waals surface area contributed by atoms with Crippen LogP contribution in [0.2, 0.25) is 0 Å². The minimum atomic E-state index is -0.193. The normalized spacial score (nSPS) is 11.4. The van der Waals surface area contributed by atoms with Crippen molar-refractivity contribution in [2.75, 3.05) is 0 Å². The standard InChI is InChI=1S/C11H8IN3O/c1-6-4-10-13-14-11(16)15(10)9-3-2-7(12)5-8(6)9/h2-5H,1H3,(H,14,16). The summed E-state index contributed by atoms with van der Waals surface area (Å²) in [5, 5.41) is 7.53. The molecule has 1 N–H and O–H groups in total. The van der Waals surface area contributed by atoms with Crippen LogP contribution < -0.4 is 5.69 Å². The van der Waals surface area contributed by atoms with E-state index < -0.39 is 0 Å². The number of benzene rings is 1. The highest BCUT2D eigenvalue weighted by molar-refractivity contribution is 14.1. The smallest absolute Gasteiger partial charge is 0.246 e. The lowest BCUT2D eigenvalue weighted by Crippen LogP contribution is -2.10. The Balaban J connectivity index is 2.68. The molecule has 5 heteroatoms. The molecular formula is C11H8IN3O. The van der Waals surface area contributed by atoms with Gasteiger partial charge in [-0.15, -0.1) is 0 Å². The average molecular weight is 325 g/mol. The Morgan fingerprint density at radius 3 is 3.00 bits per heavy atom. The molecule has 2 heterocycles. The van der Waals surface area contributed by atoms with Crippen LogP contribution in [-0.4, -0.2) is 14.6 Å². The van der Waals surface area contributed by atoms with Crippen molar-refractivity contribution in [3.05, 3.63) is 43.9 Å². The number of aromatic nitrogens is 3. The molecule has 0 fully saturated rings. The average Bonchev–Trinajstić information content (AvgIpc) is 2.61. The maximum absolute atomic E-state index is 11.6. The first-order chi connectivity index (χ1) is 7.66. The van der Waals surface area contributed by atoms with Gasteiger partial charge in [-0.25, -0.2) is 14.3 Å². The van der Waals surface area contributed by atoms with E-state index in [1.807, 2.05) is 25.1 Å². The summed E-state index contributed by atoms with van der Waals surface area (Å²) in [6.07, 6.45) is 0. The maximum atomic E-state index is 11.6. The molecule has 3 rings (SSSR count). The van der Waals surface area contributed by atoms with Crippen LogP contribution in [0.1, 0.15) is 5.56 Å². The van der Waals surface area contributed by atoms with Crippen molar-refractivity contribution in [2.24, 2.45) is 0 Å². The van der Waals surface area contributed by atoms with Crippen LogP contribution in [0.3, 0.4) is 0 Å². The van der Waals surface area contributed by atoms with E-state index in [0.29, 0.717) is 5.65 Å². The Morgan fingerprint density at radius 2 is 2.19 bits per heavy atom. The predicted octanol–water partition coefficient (Wildman–Crippen LogP) is 2.09. The highest BCUT2D eigenvalue weighted by atomic mass is 127. The molecule has 0 saturated heterocycles. The molecule has 0 atom stereocenters. The third-order valence-corrected chi connectivity index (χ3v) is 3.34. The Bertz CT molecular complexity index is 757. The number of fused-ring (bicyclic) bond motifs is 3. The fourth-order valence-corrected chi connectivity index (χ4v) is 2.42. The van der Waals surface area contributed by atoms with Crippen molar-refractivity contribution >= 4 is 39.1 Å². The summed E-state index contributed by atoms with van der Waals surface area (Å²) in [7, 11) is 0. The highest BCUT2D eigenvalue weighted by Crippen LogP contribution is 2.21. The SMILES string of the molecule is Cc1cc2n[nH]c(=O)n2c2ccc(I)cc12. The molecule has 3 aromatic rings. The minimum Gasteiger partial charge on any atom is -0.246 e. The zero-order valence-electron chi connectivity index (χ0n) is 8.49. The van der Waals surface area contributed by atoms with Crippen LogP contribution in [0.5, 0.6) is 0 Å². The number of halogens is 1. The molecule has 16 heavy (non-hydrogen) atoms. The molecule has 0 saturated carbocycles. The molecule has 0 spiro atoms. The quantitative estimate of drug-likeness (QED) is 0.644. The van der Waals surface area contributed by atoms with Gasteiger partial charge < -0.3 is 0 Å². The maximum Gasteiger partial charge on any atom is 0.348 e. The van der Waals surface area contributed by atoms with E-state index in [2.05, 4.69) is 38.9 Å². The molecular weight excluding hydrogens is 317 g/mol. The Morgan fingerprint density at radius 1 is 1.38 bits per heavy atom. The fourth-order valence-electron chi connectivity index (χ4n) is 1.93. The summed E-state index contributed by atoms with van der Waals surface area (Å²) in [6, 6.07) is 7.93. The largest absolute Gasteiger partial charge is 0.348 e. The number of nitrogens with one attached hydrogen (secondary N) is 1. The fraction of sp³-hybridized carbons (Fsp3) is 0.0909. The second kappa shape index (κ2) is 3.31. The Hall–Kier alpha value is -1.37. The summed E-state index contributed by atoms with van der Waals surface area (Å²) in [6.45, 7) is 2.03. The molecule has 0 unspecified atom stereocenters. The van der Waals surface area contributed by atoms with Crippen molar-refractivity contribution in [1.82, 2.24) is 14.6 Å². The first kappa shape index (κ1) is 9.83. The predicted molar refractivity (Wildman–Crippen MR) is 70.8 cm³/mol. The molecule has 0 aliphatic carbocycles. The number of H-pyrrole nitrogens is 1. The molecule has 4 nitrogen and oxygen atoms in total. The van der Waals surface area contributed by atoms with E-state index in [0.717, 1.165) is 20.0 Å². The third-order valence-electron chi connectivity index (χ3n) is 2.67. The number of nitrogens with zero attached hydrogens (tertiary/aromatic N) is 2. The number of aryl methyl sites for hydroxylation is 1. The van der Waals surface area contributed by atoms with Crippen LogP contribution in [0.4, 0.5) is 0 Å². The molecule has 0 aliphatic heterocycles. The number of pyridine rings is 1. The lowest BCUT2D eigenvalue weighted by atomic mass is 10.1. The number of aromatic amines is 1. The van der Waals surface area contributed by atoms with Crippen LogP contribution in [0.15, 0.2) is 29.1 Å². The monoisotopic (exact) mass is 325 g/mol. The summed E-state index contributed by atoms with van der Waals surface area (Å²) in [4.78, 5) is 11.6. The van der Waals surface area contributed by atoms with Gasteiger partial charge in [0.15, 0.2) is 5.65 Å².